The quantitative estimate of drug-likeness (QED) is 0.702. The fourth-order valence-electron chi connectivity index (χ4n) is 0.606. The van der Waals surface area contributed by atoms with Crippen LogP contribution in [0.1, 0.15) is 10.4 Å². The second-order valence-electron chi connectivity index (χ2n) is 2.37. The van der Waals surface area contributed by atoms with E-state index in [1.807, 2.05) is 0 Å². The van der Waals surface area contributed by atoms with Gasteiger partial charge in [-0.1, -0.05) is 24.8 Å². The Labute approximate surface area is 87.3 Å². The Bertz CT molecular complexity index is 408. The van der Waals surface area contributed by atoms with E-state index in [4.69, 9.17) is 15.6 Å². The summed E-state index contributed by atoms with van der Waals surface area (Å²) in [6.07, 6.45) is 0. The van der Waals surface area contributed by atoms with Crippen LogP contribution < -0.4 is 0 Å². The lowest BCUT2D eigenvalue weighted by molar-refractivity contribution is 0.0697. The molecule has 0 aliphatic carbocycles. The molecule has 0 saturated heterocycles. The fourth-order valence-corrected chi connectivity index (χ4v) is 0.606. The van der Waals surface area contributed by atoms with Crippen molar-refractivity contribution < 1.29 is 9.90 Å². The number of carboxylic acids is 1. The van der Waals surface area contributed by atoms with Gasteiger partial charge >= 0.3 is 5.97 Å². The highest BCUT2D eigenvalue weighted by atomic mass is 16.4. The van der Waals surface area contributed by atoms with Crippen molar-refractivity contribution in [2.45, 2.75) is 0 Å². The zero-order valence-electron chi connectivity index (χ0n) is 7.84. The second-order valence-corrected chi connectivity index (χ2v) is 2.37. The summed E-state index contributed by atoms with van der Waals surface area (Å²) in [6, 6.07) is 11.4. The Kier molecular flexibility index (Phi) is 5.69. The van der Waals surface area contributed by atoms with Gasteiger partial charge in [-0.2, -0.15) is 10.5 Å². The van der Waals surface area contributed by atoms with Gasteiger partial charge in [-0.15, -0.1) is 0 Å². The molecule has 0 unspecified atom stereocenters. The number of aromatic carboxylic acids is 1. The smallest absolute Gasteiger partial charge is 0.335 e. The van der Waals surface area contributed by atoms with Crippen LogP contribution in [0.15, 0.2) is 42.5 Å². The SMILES string of the molecule is C=C(C#N)C#N.O=C(O)c1ccccc1. The van der Waals surface area contributed by atoms with Crippen molar-refractivity contribution in [3.8, 4) is 12.1 Å². The van der Waals surface area contributed by atoms with E-state index in [-0.39, 0.29) is 5.57 Å². The lowest BCUT2D eigenvalue weighted by Gasteiger charge is -1.88. The van der Waals surface area contributed by atoms with Crippen LogP contribution in [-0.2, 0) is 0 Å². The number of benzene rings is 1. The van der Waals surface area contributed by atoms with E-state index in [1.165, 1.54) is 0 Å². The Morgan fingerprint density at radius 1 is 1.20 bits per heavy atom. The molecule has 0 aliphatic rings. The minimum absolute atomic E-state index is 0.0463. The first kappa shape index (κ1) is 12.4. The maximum absolute atomic E-state index is 10.2. The number of rotatable bonds is 1. The maximum atomic E-state index is 10.2. The predicted octanol–water partition coefficient (Wildman–Crippen LogP) is 1.97. The molecule has 1 aromatic rings. The second kappa shape index (κ2) is 6.88. The Morgan fingerprint density at radius 3 is 1.87 bits per heavy atom. The summed E-state index contributed by atoms with van der Waals surface area (Å²) in [5.41, 5.74) is 0.285. The molecule has 0 amide bonds. The largest absolute Gasteiger partial charge is 0.478 e. The molecule has 1 rings (SSSR count). The van der Waals surface area contributed by atoms with Crippen LogP contribution in [0.3, 0.4) is 0 Å². The van der Waals surface area contributed by atoms with E-state index < -0.39 is 5.97 Å². The number of hydrogen-bond acceptors (Lipinski definition) is 3. The zero-order valence-corrected chi connectivity index (χ0v) is 7.84. The van der Waals surface area contributed by atoms with E-state index in [9.17, 15) is 4.79 Å². The van der Waals surface area contributed by atoms with Gasteiger partial charge < -0.3 is 5.11 Å². The highest BCUT2D eigenvalue weighted by Gasteiger charge is 1.96. The summed E-state index contributed by atoms with van der Waals surface area (Å²) in [4.78, 5) is 10.2. The lowest BCUT2D eigenvalue weighted by Crippen LogP contribution is -1.93. The van der Waals surface area contributed by atoms with Crippen molar-refractivity contribution >= 4 is 5.97 Å². The maximum Gasteiger partial charge on any atom is 0.335 e. The molecule has 74 valence electrons. The summed E-state index contributed by atoms with van der Waals surface area (Å²) in [6.45, 7) is 3.07. The minimum Gasteiger partial charge on any atom is -0.478 e. The van der Waals surface area contributed by atoms with Crippen molar-refractivity contribution in [3.05, 3.63) is 48.0 Å². The van der Waals surface area contributed by atoms with Gasteiger partial charge in [-0.05, 0) is 12.1 Å². The number of carboxylic acid groups (broad SMARTS) is 1. The van der Waals surface area contributed by atoms with Crippen molar-refractivity contribution in [1.82, 2.24) is 0 Å². The molecule has 1 aromatic carbocycles. The molecule has 0 heterocycles. The average molecular weight is 200 g/mol. The zero-order chi connectivity index (χ0) is 11.7. The lowest BCUT2D eigenvalue weighted by atomic mass is 10.2. The topological polar surface area (TPSA) is 84.9 Å². The van der Waals surface area contributed by atoms with Gasteiger partial charge in [0.1, 0.15) is 17.7 Å². The van der Waals surface area contributed by atoms with E-state index in [0.717, 1.165) is 0 Å². The van der Waals surface area contributed by atoms with Crippen LogP contribution in [0.4, 0.5) is 0 Å². The van der Waals surface area contributed by atoms with Gasteiger partial charge in [0.25, 0.3) is 0 Å². The molecule has 0 bridgehead atoms. The van der Waals surface area contributed by atoms with Crippen molar-refractivity contribution in [1.29, 1.82) is 10.5 Å². The first-order valence-electron chi connectivity index (χ1n) is 3.89. The monoisotopic (exact) mass is 200 g/mol. The van der Waals surface area contributed by atoms with Crippen LogP contribution in [0, 0.1) is 22.7 Å². The molecule has 0 spiro atoms. The van der Waals surface area contributed by atoms with Crippen LogP contribution in [0.5, 0.6) is 0 Å². The molecule has 0 fully saturated rings. The minimum atomic E-state index is -0.879. The molecule has 0 radical (unpaired) electrons. The van der Waals surface area contributed by atoms with E-state index in [2.05, 4.69) is 6.58 Å². The first-order valence-corrected chi connectivity index (χ1v) is 3.89. The number of allylic oxidation sites excluding steroid dienone is 1. The van der Waals surface area contributed by atoms with Gasteiger partial charge in [0.2, 0.25) is 0 Å². The first-order chi connectivity index (χ1) is 7.11. The van der Waals surface area contributed by atoms with Gasteiger partial charge in [0.15, 0.2) is 0 Å². The normalized spacial score (nSPS) is 7.33. The van der Waals surface area contributed by atoms with Crippen LogP contribution in [0.2, 0.25) is 0 Å². The van der Waals surface area contributed by atoms with E-state index in [0.29, 0.717) is 5.56 Å². The molecule has 0 saturated carbocycles. The summed E-state index contributed by atoms with van der Waals surface area (Å²) in [7, 11) is 0. The number of carbonyl (C=O) groups is 1. The molecule has 0 aliphatic heterocycles. The molecular weight excluding hydrogens is 192 g/mol. The highest BCUT2D eigenvalue weighted by Crippen LogP contribution is 1.96. The van der Waals surface area contributed by atoms with E-state index in [1.54, 1.807) is 42.5 Å². The number of hydrogen-bond donors (Lipinski definition) is 1. The molecule has 0 aromatic heterocycles. The van der Waals surface area contributed by atoms with Crippen molar-refractivity contribution in [2.75, 3.05) is 0 Å². The van der Waals surface area contributed by atoms with Crippen LogP contribution in [-0.4, -0.2) is 11.1 Å². The van der Waals surface area contributed by atoms with Crippen molar-refractivity contribution in [2.24, 2.45) is 0 Å². The molecular formula is C11H8N2O2. The third kappa shape index (κ3) is 5.62. The molecule has 4 heteroatoms. The summed E-state index contributed by atoms with van der Waals surface area (Å²) < 4.78 is 0. The van der Waals surface area contributed by atoms with Gasteiger partial charge in [0, 0.05) is 0 Å². The highest BCUT2D eigenvalue weighted by molar-refractivity contribution is 5.87. The number of nitriles is 2. The van der Waals surface area contributed by atoms with Crippen LogP contribution >= 0.6 is 0 Å². The Balaban J connectivity index is 0.000000288. The van der Waals surface area contributed by atoms with E-state index >= 15 is 0 Å². The molecule has 0 atom stereocenters. The fraction of sp³-hybridized carbons (Fsp3) is 0. The third-order valence-corrected chi connectivity index (χ3v) is 1.29. The summed E-state index contributed by atoms with van der Waals surface area (Å²) in [5, 5.41) is 23.9. The van der Waals surface area contributed by atoms with Crippen LogP contribution in [0.25, 0.3) is 0 Å². The van der Waals surface area contributed by atoms with Crippen molar-refractivity contribution in [3.63, 3.8) is 0 Å². The average Bonchev–Trinajstić information content (AvgIpc) is 2.30. The van der Waals surface area contributed by atoms with Gasteiger partial charge in [0.05, 0.1) is 5.56 Å². The summed E-state index contributed by atoms with van der Waals surface area (Å²) in [5.74, 6) is -0.879. The Morgan fingerprint density at radius 2 is 1.67 bits per heavy atom. The third-order valence-electron chi connectivity index (χ3n) is 1.29. The standard InChI is InChI=1S/C7H6O2.C4H2N2/c8-7(9)6-4-2-1-3-5-6;1-4(2-5)3-6/h1-5H,(H,8,9);1H2. The van der Waals surface area contributed by atoms with Gasteiger partial charge in [-0.25, -0.2) is 4.79 Å². The molecule has 1 N–H and O–H groups in total. The Hall–Kier alpha value is -2.59. The predicted molar refractivity (Wildman–Crippen MR) is 53.8 cm³/mol. The van der Waals surface area contributed by atoms with Gasteiger partial charge in [-0.3, -0.25) is 0 Å². The summed E-state index contributed by atoms with van der Waals surface area (Å²) >= 11 is 0. The number of nitrogens with zero attached hydrogens (tertiary/aromatic N) is 2. The molecule has 15 heavy (non-hydrogen) atoms. The molecule has 4 nitrogen and oxygen atoms in total.